The van der Waals surface area contributed by atoms with Crippen LogP contribution in [0.4, 0.5) is 4.39 Å². The summed E-state index contributed by atoms with van der Waals surface area (Å²) < 4.78 is 12.7. The van der Waals surface area contributed by atoms with Crippen molar-refractivity contribution in [3.63, 3.8) is 0 Å². The van der Waals surface area contributed by atoms with E-state index >= 15 is 0 Å². The fraction of sp³-hybridized carbons (Fsp3) is 0.176. The molecular weight excluding hydrogens is 259 g/mol. The highest BCUT2D eigenvalue weighted by molar-refractivity contribution is 6.30. The molecule has 0 nitrogen and oxygen atoms in total. The molecule has 98 valence electrons. The first kappa shape index (κ1) is 13.8. The highest BCUT2D eigenvalue weighted by atomic mass is 35.5. The van der Waals surface area contributed by atoms with Crippen molar-refractivity contribution in [2.45, 2.75) is 19.3 Å². The van der Waals surface area contributed by atoms with Gasteiger partial charge in [-0.2, -0.15) is 0 Å². The first-order chi connectivity index (χ1) is 9.24. The molecule has 0 spiro atoms. The van der Waals surface area contributed by atoms with E-state index in [4.69, 9.17) is 11.6 Å². The zero-order chi connectivity index (χ0) is 13.5. The molecule has 0 unspecified atom stereocenters. The average Bonchev–Trinajstić information content (AvgIpc) is 2.43. The molecule has 0 amide bonds. The van der Waals surface area contributed by atoms with Crippen molar-refractivity contribution in [3.05, 3.63) is 82.6 Å². The molecule has 2 aromatic rings. The lowest BCUT2D eigenvalue weighted by molar-refractivity contribution is 0.627. The van der Waals surface area contributed by atoms with Crippen molar-refractivity contribution in [1.29, 1.82) is 0 Å². The van der Waals surface area contributed by atoms with E-state index in [1.54, 1.807) is 0 Å². The van der Waals surface area contributed by atoms with Gasteiger partial charge < -0.3 is 0 Å². The van der Waals surface area contributed by atoms with Crippen molar-refractivity contribution < 1.29 is 4.39 Å². The van der Waals surface area contributed by atoms with Gasteiger partial charge in [0.25, 0.3) is 0 Å². The van der Waals surface area contributed by atoms with Crippen LogP contribution in [0.15, 0.2) is 60.7 Å². The van der Waals surface area contributed by atoms with E-state index in [0.29, 0.717) is 0 Å². The van der Waals surface area contributed by atoms with Gasteiger partial charge in [-0.1, -0.05) is 48.0 Å². The van der Waals surface area contributed by atoms with Crippen LogP contribution < -0.4 is 0 Å². The maximum absolute atomic E-state index is 12.7. The fourth-order valence-electron chi connectivity index (χ4n) is 1.86. The minimum absolute atomic E-state index is 0.179. The fourth-order valence-corrected chi connectivity index (χ4v) is 1.98. The average molecular weight is 275 g/mol. The molecule has 0 aliphatic rings. The molecule has 2 aromatic carbocycles. The second-order valence-electron chi connectivity index (χ2n) is 4.47. The van der Waals surface area contributed by atoms with Crippen LogP contribution in [-0.2, 0) is 12.8 Å². The van der Waals surface area contributed by atoms with Crippen molar-refractivity contribution in [3.8, 4) is 0 Å². The molecule has 0 aliphatic carbocycles. The minimum Gasteiger partial charge on any atom is -0.207 e. The molecule has 0 aromatic heterocycles. The standard InChI is InChI=1S/C17H16ClF/c18-16-10-6-14(7-11-16)4-2-1-3-5-15-8-12-17(19)13-9-15/h1-2,6-13H,3-5H2/b2-1+. The monoisotopic (exact) mass is 274 g/mol. The molecule has 0 aliphatic heterocycles. The normalized spacial score (nSPS) is 11.1. The number of halogens is 2. The Kier molecular flexibility index (Phi) is 5.17. The van der Waals surface area contributed by atoms with Gasteiger partial charge >= 0.3 is 0 Å². The Bertz CT molecular complexity index is 526. The predicted octanol–water partition coefficient (Wildman–Crippen LogP) is 5.21. The lowest BCUT2D eigenvalue weighted by Crippen LogP contribution is -1.84. The summed E-state index contributed by atoms with van der Waals surface area (Å²) in [6.45, 7) is 0. The summed E-state index contributed by atoms with van der Waals surface area (Å²) in [5.41, 5.74) is 2.42. The number of hydrogen-bond acceptors (Lipinski definition) is 0. The molecule has 2 heteroatoms. The smallest absolute Gasteiger partial charge is 0.123 e. The zero-order valence-electron chi connectivity index (χ0n) is 10.7. The summed E-state index contributed by atoms with van der Waals surface area (Å²) in [5.74, 6) is -0.179. The second kappa shape index (κ2) is 7.10. The van der Waals surface area contributed by atoms with Gasteiger partial charge in [0, 0.05) is 5.02 Å². The molecule has 2 rings (SSSR count). The van der Waals surface area contributed by atoms with E-state index < -0.39 is 0 Å². The molecule has 0 radical (unpaired) electrons. The van der Waals surface area contributed by atoms with Gasteiger partial charge in [0.05, 0.1) is 0 Å². The van der Waals surface area contributed by atoms with Crippen LogP contribution in [0, 0.1) is 5.82 Å². The van der Waals surface area contributed by atoms with Crippen molar-refractivity contribution in [2.75, 3.05) is 0 Å². The number of hydrogen-bond donors (Lipinski definition) is 0. The van der Waals surface area contributed by atoms with Gasteiger partial charge in [-0.3, -0.25) is 0 Å². The van der Waals surface area contributed by atoms with Crippen molar-refractivity contribution in [2.24, 2.45) is 0 Å². The van der Waals surface area contributed by atoms with Gasteiger partial charge in [-0.15, -0.1) is 0 Å². The number of benzene rings is 2. The molecule has 0 N–H and O–H groups in total. The third-order valence-corrected chi connectivity index (χ3v) is 3.20. The number of allylic oxidation sites excluding steroid dienone is 2. The van der Waals surface area contributed by atoms with Crippen LogP contribution in [0.5, 0.6) is 0 Å². The first-order valence-electron chi connectivity index (χ1n) is 6.38. The lowest BCUT2D eigenvalue weighted by atomic mass is 10.1. The predicted molar refractivity (Wildman–Crippen MR) is 79.0 cm³/mol. The summed E-state index contributed by atoms with van der Waals surface area (Å²) in [7, 11) is 0. The molecule has 0 saturated carbocycles. The molecular formula is C17H16ClF. The third kappa shape index (κ3) is 4.88. The summed E-state index contributed by atoms with van der Waals surface area (Å²) in [5, 5.41) is 0.768. The van der Waals surface area contributed by atoms with Crippen LogP contribution in [0.25, 0.3) is 0 Å². The first-order valence-corrected chi connectivity index (χ1v) is 6.76. The van der Waals surface area contributed by atoms with Crippen molar-refractivity contribution in [1.82, 2.24) is 0 Å². The third-order valence-electron chi connectivity index (χ3n) is 2.95. The van der Waals surface area contributed by atoms with Gasteiger partial charge in [0.1, 0.15) is 5.82 Å². The molecule has 19 heavy (non-hydrogen) atoms. The molecule has 0 saturated heterocycles. The SMILES string of the molecule is Fc1ccc(CC/C=C/Cc2ccc(Cl)cc2)cc1. The topological polar surface area (TPSA) is 0 Å². The Morgan fingerprint density at radius 2 is 1.47 bits per heavy atom. The van der Waals surface area contributed by atoms with E-state index in [0.717, 1.165) is 29.8 Å². The van der Waals surface area contributed by atoms with Gasteiger partial charge in [-0.25, -0.2) is 4.39 Å². The Balaban J connectivity index is 1.75. The van der Waals surface area contributed by atoms with E-state index in [2.05, 4.69) is 12.2 Å². The molecule has 0 heterocycles. The van der Waals surface area contributed by atoms with Crippen LogP contribution in [0.3, 0.4) is 0 Å². The van der Waals surface area contributed by atoms with E-state index in [1.807, 2.05) is 36.4 Å². The molecule has 0 fully saturated rings. The Labute approximate surface area is 118 Å². The maximum Gasteiger partial charge on any atom is 0.123 e. The minimum atomic E-state index is -0.179. The van der Waals surface area contributed by atoms with Crippen LogP contribution >= 0.6 is 11.6 Å². The van der Waals surface area contributed by atoms with E-state index in [1.165, 1.54) is 17.7 Å². The molecule has 0 bridgehead atoms. The Morgan fingerprint density at radius 3 is 2.16 bits per heavy atom. The largest absolute Gasteiger partial charge is 0.207 e. The summed E-state index contributed by atoms with van der Waals surface area (Å²) in [6.07, 6.45) is 7.15. The van der Waals surface area contributed by atoms with Gasteiger partial charge in [0.15, 0.2) is 0 Å². The maximum atomic E-state index is 12.7. The van der Waals surface area contributed by atoms with Crippen LogP contribution in [-0.4, -0.2) is 0 Å². The van der Waals surface area contributed by atoms with Crippen LogP contribution in [0.1, 0.15) is 17.5 Å². The summed E-state index contributed by atoms with van der Waals surface area (Å²) in [6, 6.07) is 14.6. The highest BCUT2D eigenvalue weighted by Gasteiger charge is 1.93. The van der Waals surface area contributed by atoms with Crippen LogP contribution in [0.2, 0.25) is 5.02 Å². The highest BCUT2D eigenvalue weighted by Crippen LogP contribution is 2.10. The van der Waals surface area contributed by atoms with Crippen molar-refractivity contribution >= 4 is 11.6 Å². The second-order valence-corrected chi connectivity index (χ2v) is 4.90. The zero-order valence-corrected chi connectivity index (χ0v) is 11.4. The van der Waals surface area contributed by atoms with Gasteiger partial charge in [0.2, 0.25) is 0 Å². The van der Waals surface area contributed by atoms with E-state index in [9.17, 15) is 4.39 Å². The lowest BCUT2D eigenvalue weighted by Gasteiger charge is -1.98. The Morgan fingerprint density at radius 1 is 0.842 bits per heavy atom. The molecule has 0 atom stereocenters. The number of aryl methyl sites for hydroxylation is 1. The Hall–Kier alpha value is -1.60. The summed E-state index contributed by atoms with van der Waals surface area (Å²) >= 11 is 5.83. The quantitative estimate of drug-likeness (QED) is 0.657. The van der Waals surface area contributed by atoms with Gasteiger partial charge in [-0.05, 0) is 54.7 Å². The van der Waals surface area contributed by atoms with E-state index in [-0.39, 0.29) is 5.82 Å². The number of rotatable bonds is 5. The summed E-state index contributed by atoms with van der Waals surface area (Å²) in [4.78, 5) is 0.